The molecule has 0 aliphatic carbocycles. The molecule has 0 aliphatic heterocycles. The van der Waals surface area contributed by atoms with Gasteiger partial charge in [0.05, 0.1) is 13.0 Å². The van der Waals surface area contributed by atoms with E-state index in [0.717, 1.165) is 31.2 Å². The van der Waals surface area contributed by atoms with Crippen LogP contribution in [0.2, 0.25) is 0 Å². The first-order valence-corrected chi connectivity index (χ1v) is 9.61. The summed E-state index contributed by atoms with van der Waals surface area (Å²) in [5.74, 6) is -2.52. The first-order valence-electron chi connectivity index (χ1n) is 9.61. The molecule has 0 fully saturated rings. The third-order valence-corrected chi connectivity index (χ3v) is 4.37. The van der Waals surface area contributed by atoms with E-state index in [1.165, 1.54) is 24.3 Å². The quantitative estimate of drug-likeness (QED) is 0.310. The van der Waals surface area contributed by atoms with Crippen LogP contribution >= 0.6 is 0 Å². The molecule has 2 aromatic rings. The Bertz CT molecular complexity index is 745. The average molecular weight is 398 g/mol. The highest BCUT2D eigenvalue weighted by molar-refractivity contribution is 5.31. The fraction of sp³-hybridized carbons (Fsp3) is 0.455. The summed E-state index contributed by atoms with van der Waals surface area (Å²) in [7, 11) is 0. The van der Waals surface area contributed by atoms with Crippen molar-refractivity contribution in [2.24, 2.45) is 0 Å². The largest absolute Gasteiger partial charge is 0.491 e. The summed E-state index contributed by atoms with van der Waals surface area (Å²) < 4.78 is 65.8. The molecule has 154 valence electrons. The second-order valence-corrected chi connectivity index (χ2v) is 6.62. The van der Waals surface area contributed by atoms with Gasteiger partial charge < -0.3 is 9.47 Å². The SMILES string of the molecule is CCCCCc1ccc(OC(F)(F)CCc2ccc(OCC)c(F)c2F)cc1. The maximum Gasteiger partial charge on any atom is 0.398 e. The van der Waals surface area contributed by atoms with Gasteiger partial charge in [-0.05, 0) is 55.5 Å². The summed E-state index contributed by atoms with van der Waals surface area (Å²) in [5.41, 5.74) is 0.923. The molecule has 0 atom stereocenters. The Morgan fingerprint density at radius 1 is 0.857 bits per heavy atom. The molecule has 2 nitrogen and oxygen atoms in total. The molecule has 0 heterocycles. The lowest BCUT2D eigenvalue weighted by atomic mass is 10.1. The van der Waals surface area contributed by atoms with Crippen LogP contribution < -0.4 is 9.47 Å². The van der Waals surface area contributed by atoms with Crippen molar-refractivity contribution < 1.29 is 27.0 Å². The van der Waals surface area contributed by atoms with Crippen LogP contribution in [0, 0.1) is 11.6 Å². The minimum Gasteiger partial charge on any atom is -0.491 e. The number of halogens is 4. The highest BCUT2D eigenvalue weighted by atomic mass is 19.3. The first kappa shape index (κ1) is 22.1. The summed E-state index contributed by atoms with van der Waals surface area (Å²) in [4.78, 5) is 0. The summed E-state index contributed by atoms with van der Waals surface area (Å²) in [5, 5.41) is 0. The second-order valence-electron chi connectivity index (χ2n) is 6.62. The number of alkyl halides is 2. The minimum atomic E-state index is -3.49. The zero-order valence-corrected chi connectivity index (χ0v) is 16.2. The molecule has 0 unspecified atom stereocenters. The van der Waals surface area contributed by atoms with Crippen molar-refractivity contribution in [3.05, 3.63) is 59.2 Å². The van der Waals surface area contributed by atoms with Crippen molar-refractivity contribution in [3.8, 4) is 11.5 Å². The van der Waals surface area contributed by atoms with Crippen LogP contribution in [0.4, 0.5) is 17.6 Å². The van der Waals surface area contributed by atoms with Crippen molar-refractivity contribution in [1.29, 1.82) is 0 Å². The number of unbranched alkanes of at least 4 members (excludes halogenated alkanes) is 2. The van der Waals surface area contributed by atoms with Gasteiger partial charge in [-0.3, -0.25) is 0 Å². The Hall–Kier alpha value is -2.24. The topological polar surface area (TPSA) is 18.5 Å². The number of ether oxygens (including phenoxy) is 2. The van der Waals surface area contributed by atoms with Crippen LogP contribution in [0.15, 0.2) is 36.4 Å². The minimum absolute atomic E-state index is 0.0441. The Kier molecular flexibility index (Phi) is 8.15. The molecule has 0 aliphatic rings. The Morgan fingerprint density at radius 2 is 1.57 bits per heavy atom. The third-order valence-electron chi connectivity index (χ3n) is 4.37. The van der Waals surface area contributed by atoms with Crippen molar-refractivity contribution in [3.63, 3.8) is 0 Å². The monoisotopic (exact) mass is 398 g/mol. The molecule has 0 aromatic heterocycles. The molecule has 6 heteroatoms. The van der Waals surface area contributed by atoms with E-state index in [2.05, 4.69) is 6.92 Å². The van der Waals surface area contributed by atoms with Gasteiger partial charge in [-0.25, -0.2) is 4.39 Å². The molecule has 0 bridgehead atoms. The Labute approximate surface area is 163 Å². The fourth-order valence-corrected chi connectivity index (χ4v) is 2.84. The van der Waals surface area contributed by atoms with Crippen molar-refractivity contribution >= 4 is 0 Å². The van der Waals surface area contributed by atoms with E-state index in [4.69, 9.17) is 9.47 Å². The average Bonchev–Trinajstić information content (AvgIpc) is 2.66. The van der Waals surface area contributed by atoms with Gasteiger partial charge in [0.15, 0.2) is 11.6 Å². The van der Waals surface area contributed by atoms with Crippen molar-refractivity contribution in [2.45, 2.75) is 58.5 Å². The lowest BCUT2D eigenvalue weighted by Crippen LogP contribution is -2.25. The van der Waals surface area contributed by atoms with E-state index in [1.54, 1.807) is 19.1 Å². The maximum absolute atomic E-state index is 14.1. The summed E-state index contributed by atoms with van der Waals surface area (Å²) >= 11 is 0. The zero-order valence-electron chi connectivity index (χ0n) is 16.2. The maximum atomic E-state index is 14.1. The lowest BCUT2D eigenvalue weighted by molar-refractivity contribution is -0.180. The van der Waals surface area contributed by atoms with Crippen LogP contribution in [0.25, 0.3) is 0 Å². The van der Waals surface area contributed by atoms with E-state index >= 15 is 0 Å². The van der Waals surface area contributed by atoms with Gasteiger partial charge in [-0.1, -0.05) is 38.0 Å². The molecule has 2 aromatic carbocycles. The summed E-state index contributed by atoms with van der Waals surface area (Å²) in [6, 6.07) is 9.04. The molecule has 0 saturated heterocycles. The molecule has 0 saturated carbocycles. The van der Waals surface area contributed by atoms with E-state index in [9.17, 15) is 17.6 Å². The molecule has 0 amide bonds. The fourth-order valence-electron chi connectivity index (χ4n) is 2.84. The molecule has 0 radical (unpaired) electrons. The van der Waals surface area contributed by atoms with Gasteiger partial charge in [-0.15, -0.1) is 0 Å². The van der Waals surface area contributed by atoms with Gasteiger partial charge in [0.25, 0.3) is 0 Å². The zero-order chi connectivity index (χ0) is 20.6. The van der Waals surface area contributed by atoms with Gasteiger partial charge in [0, 0.05) is 0 Å². The Morgan fingerprint density at radius 3 is 2.21 bits per heavy atom. The number of hydrogen-bond acceptors (Lipinski definition) is 2. The summed E-state index contributed by atoms with van der Waals surface area (Å²) in [6.07, 6.45) is -0.437. The molecule has 0 N–H and O–H groups in total. The number of hydrogen-bond donors (Lipinski definition) is 0. The normalized spacial score (nSPS) is 11.5. The van der Waals surface area contributed by atoms with Gasteiger partial charge in [-0.2, -0.15) is 13.2 Å². The third kappa shape index (κ3) is 6.43. The highest BCUT2D eigenvalue weighted by Gasteiger charge is 2.32. The predicted molar refractivity (Wildman–Crippen MR) is 101 cm³/mol. The predicted octanol–water partition coefficient (Wildman–Crippen LogP) is 6.70. The Balaban J connectivity index is 1.94. The van der Waals surface area contributed by atoms with Gasteiger partial charge in [0.1, 0.15) is 5.75 Å². The molecular weight excluding hydrogens is 372 g/mol. The lowest BCUT2D eigenvalue weighted by Gasteiger charge is -2.18. The molecular formula is C22H26F4O2. The van der Waals surface area contributed by atoms with Crippen LogP contribution in [0.5, 0.6) is 11.5 Å². The number of benzene rings is 2. The molecule has 2 rings (SSSR count). The van der Waals surface area contributed by atoms with E-state index in [1.807, 2.05) is 0 Å². The van der Waals surface area contributed by atoms with Gasteiger partial charge >= 0.3 is 6.11 Å². The van der Waals surface area contributed by atoms with Crippen LogP contribution in [0.1, 0.15) is 50.7 Å². The van der Waals surface area contributed by atoms with E-state index < -0.39 is 24.2 Å². The first-order chi connectivity index (χ1) is 13.4. The van der Waals surface area contributed by atoms with E-state index in [-0.39, 0.29) is 30.1 Å². The summed E-state index contributed by atoms with van der Waals surface area (Å²) in [6.45, 7) is 3.94. The van der Waals surface area contributed by atoms with Crippen LogP contribution in [-0.4, -0.2) is 12.7 Å². The van der Waals surface area contributed by atoms with Crippen molar-refractivity contribution in [1.82, 2.24) is 0 Å². The standard InChI is InChI=1S/C22H26F4O2/c1-3-5-6-7-16-8-11-18(12-9-16)28-22(25,26)15-14-17-10-13-19(27-4-2)21(24)20(17)23/h8-13H,3-7,14-15H2,1-2H3. The molecule has 28 heavy (non-hydrogen) atoms. The number of rotatable bonds is 11. The van der Waals surface area contributed by atoms with Gasteiger partial charge in [0.2, 0.25) is 5.82 Å². The molecule has 0 spiro atoms. The number of aryl methyl sites for hydroxylation is 2. The highest BCUT2D eigenvalue weighted by Crippen LogP contribution is 2.29. The van der Waals surface area contributed by atoms with Crippen molar-refractivity contribution in [2.75, 3.05) is 6.61 Å². The second kappa shape index (κ2) is 10.3. The van der Waals surface area contributed by atoms with Crippen LogP contribution in [-0.2, 0) is 12.8 Å². The van der Waals surface area contributed by atoms with Crippen LogP contribution in [0.3, 0.4) is 0 Å². The smallest absolute Gasteiger partial charge is 0.398 e. The van der Waals surface area contributed by atoms with E-state index in [0.29, 0.717) is 0 Å².